The van der Waals surface area contributed by atoms with E-state index >= 15 is 0 Å². The van der Waals surface area contributed by atoms with Crippen molar-refractivity contribution < 1.29 is 4.79 Å². The lowest BCUT2D eigenvalue weighted by Gasteiger charge is -2.35. The summed E-state index contributed by atoms with van der Waals surface area (Å²) in [6.07, 6.45) is 5.82. The predicted octanol–water partition coefficient (Wildman–Crippen LogP) is 1.56. The van der Waals surface area contributed by atoms with Crippen LogP contribution >= 0.6 is 12.4 Å². The number of piperidine rings is 1. The maximum absolute atomic E-state index is 12.1. The molecule has 2 fully saturated rings. The highest BCUT2D eigenvalue weighted by atomic mass is 35.5. The molecule has 0 bridgehead atoms. The molecule has 2 heterocycles. The van der Waals surface area contributed by atoms with Crippen molar-refractivity contribution in [2.24, 2.45) is 0 Å². The van der Waals surface area contributed by atoms with Crippen LogP contribution in [0.2, 0.25) is 0 Å². The van der Waals surface area contributed by atoms with Gasteiger partial charge in [0, 0.05) is 12.6 Å². The van der Waals surface area contributed by atoms with E-state index in [0.717, 1.165) is 25.9 Å². The zero-order valence-electron chi connectivity index (χ0n) is 9.37. The van der Waals surface area contributed by atoms with Crippen LogP contribution in [0.15, 0.2) is 0 Å². The molecule has 2 aliphatic rings. The molecule has 1 N–H and O–H groups in total. The van der Waals surface area contributed by atoms with Crippen LogP contribution < -0.4 is 5.32 Å². The number of hydrogen-bond donors (Lipinski definition) is 1. The second-order valence-electron chi connectivity index (χ2n) is 4.53. The van der Waals surface area contributed by atoms with Crippen LogP contribution in [0.1, 0.15) is 39.0 Å². The summed E-state index contributed by atoms with van der Waals surface area (Å²) in [7, 11) is 0. The Hall–Kier alpha value is -0.280. The number of rotatable bonds is 1. The number of amides is 1. The van der Waals surface area contributed by atoms with Gasteiger partial charge >= 0.3 is 0 Å². The Labute approximate surface area is 98.0 Å². The molecular weight excluding hydrogens is 212 g/mol. The summed E-state index contributed by atoms with van der Waals surface area (Å²) in [4.78, 5) is 14.2. The second-order valence-corrected chi connectivity index (χ2v) is 4.53. The number of nitrogens with zero attached hydrogens (tertiary/aromatic N) is 1. The molecule has 2 atom stereocenters. The van der Waals surface area contributed by atoms with Gasteiger partial charge in [-0.15, -0.1) is 12.4 Å². The molecule has 3 nitrogen and oxygen atoms in total. The molecule has 2 rings (SSSR count). The van der Waals surface area contributed by atoms with E-state index in [2.05, 4.69) is 17.1 Å². The standard InChI is InChI=1S/C11H20N2O.ClH/c1-9-5-2-3-8-13(9)11(14)10-6-4-7-12-10;/h9-10,12H,2-8H2,1H3;1H. The molecule has 0 aromatic heterocycles. The lowest BCUT2D eigenvalue weighted by atomic mass is 10.0. The summed E-state index contributed by atoms with van der Waals surface area (Å²) in [5.41, 5.74) is 0. The molecule has 0 radical (unpaired) electrons. The van der Waals surface area contributed by atoms with Crippen molar-refractivity contribution in [2.75, 3.05) is 13.1 Å². The van der Waals surface area contributed by atoms with E-state index in [1.54, 1.807) is 0 Å². The number of likely N-dealkylation sites (tertiary alicyclic amines) is 1. The molecule has 2 unspecified atom stereocenters. The summed E-state index contributed by atoms with van der Waals surface area (Å²) < 4.78 is 0. The first kappa shape index (κ1) is 12.8. The smallest absolute Gasteiger partial charge is 0.239 e. The van der Waals surface area contributed by atoms with Crippen LogP contribution in [-0.4, -0.2) is 36.0 Å². The van der Waals surface area contributed by atoms with E-state index in [1.165, 1.54) is 19.3 Å². The van der Waals surface area contributed by atoms with Crippen molar-refractivity contribution in [3.05, 3.63) is 0 Å². The minimum Gasteiger partial charge on any atom is -0.339 e. The predicted molar refractivity (Wildman–Crippen MR) is 63.3 cm³/mol. The van der Waals surface area contributed by atoms with E-state index in [9.17, 15) is 4.79 Å². The fourth-order valence-electron chi connectivity index (χ4n) is 2.52. The van der Waals surface area contributed by atoms with Gasteiger partial charge in [0.25, 0.3) is 0 Å². The fourth-order valence-corrected chi connectivity index (χ4v) is 2.52. The highest BCUT2D eigenvalue weighted by Gasteiger charge is 2.30. The maximum Gasteiger partial charge on any atom is 0.239 e. The minimum atomic E-state index is 0. The summed E-state index contributed by atoms with van der Waals surface area (Å²) in [6, 6.07) is 0.578. The molecule has 0 spiro atoms. The van der Waals surface area contributed by atoms with E-state index in [4.69, 9.17) is 0 Å². The lowest BCUT2D eigenvalue weighted by molar-refractivity contribution is -0.136. The first-order valence-electron chi connectivity index (χ1n) is 5.83. The normalized spacial score (nSPS) is 31.1. The van der Waals surface area contributed by atoms with Crippen LogP contribution in [0.4, 0.5) is 0 Å². The van der Waals surface area contributed by atoms with Gasteiger partial charge in [-0.25, -0.2) is 0 Å². The molecule has 2 saturated heterocycles. The van der Waals surface area contributed by atoms with E-state index in [-0.39, 0.29) is 18.4 Å². The molecule has 4 heteroatoms. The van der Waals surface area contributed by atoms with E-state index in [1.807, 2.05) is 0 Å². The Morgan fingerprint density at radius 1 is 1.27 bits per heavy atom. The van der Waals surface area contributed by atoms with Crippen LogP contribution in [0.5, 0.6) is 0 Å². The van der Waals surface area contributed by atoms with Crippen molar-refractivity contribution in [1.29, 1.82) is 0 Å². The first-order chi connectivity index (χ1) is 6.79. The average molecular weight is 233 g/mol. The topological polar surface area (TPSA) is 32.3 Å². The van der Waals surface area contributed by atoms with Crippen molar-refractivity contribution in [2.45, 2.75) is 51.1 Å². The number of hydrogen-bond acceptors (Lipinski definition) is 2. The van der Waals surface area contributed by atoms with Gasteiger partial charge in [0.2, 0.25) is 5.91 Å². The first-order valence-corrected chi connectivity index (χ1v) is 5.83. The molecule has 0 saturated carbocycles. The monoisotopic (exact) mass is 232 g/mol. The highest BCUT2D eigenvalue weighted by molar-refractivity contribution is 5.85. The van der Waals surface area contributed by atoms with E-state index < -0.39 is 0 Å². The zero-order chi connectivity index (χ0) is 9.97. The Morgan fingerprint density at radius 3 is 2.67 bits per heavy atom. The van der Waals surface area contributed by atoms with Gasteiger partial charge in [-0.2, -0.15) is 0 Å². The quantitative estimate of drug-likeness (QED) is 0.744. The third kappa shape index (κ3) is 2.85. The molecule has 0 aromatic rings. The lowest BCUT2D eigenvalue weighted by Crippen LogP contribution is -2.49. The van der Waals surface area contributed by atoms with E-state index in [0.29, 0.717) is 11.9 Å². The fraction of sp³-hybridized carbons (Fsp3) is 0.909. The molecular formula is C11H21ClN2O. The Kier molecular flexibility index (Phi) is 4.87. The third-order valence-electron chi connectivity index (χ3n) is 3.44. The molecule has 15 heavy (non-hydrogen) atoms. The Morgan fingerprint density at radius 2 is 2.07 bits per heavy atom. The van der Waals surface area contributed by atoms with Crippen molar-refractivity contribution in [1.82, 2.24) is 10.2 Å². The average Bonchev–Trinajstić information content (AvgIpc) is 2.70. The van der Waals surface area contributed by atoms with Crippen LogP contribution in [0.3, 0.4) is 0 Å². The van der Waals surface area contributed by atoms with Gasteiger partial charge < -0.3 is 10.2 Å². The van der Waals surface area contributed by atoms with Gasteiger partial charge in [0.05, 0.1) is 6.04 Å². The van der Waals surface area contributed by atoms with Gasteiger partial charge in [0.1, 0.15) is 0 Å². The number of halogens is 1. The van der Waals surface area contributed by atoms with Crippen molar-refractivity contribution in [3.8, 4) is 0 Å². The largest absolute Gasteiger partial charge is 0.339 e. The minimum absolute atomic E-state index is 0. The molecule has 0 aromatic carbocycles. The highest BCUT2D eigenvalue weighted by Crippen LogP contribution is 2.19. The molecule has 88 valence electrons. The summed E-state index contributed by atoms with van der Waals surface area (Å²) >= 11 is 0. The number of carbonyl (C=O) groups excluding carboxylic acids is 1. The van der Waals surface area contributed by atoms with Crippen molar-refractivity contribution >= 4 is 18.3 Å². The van der Waals surface area contributed by atoms with Crippen LogP contribution in [0.25, 0.3) is 0 Å². The van der Waals surface area contributed by atoms with Gasteiger partial charge in [-0.1, -0.05) is 0 Å². The molecule has 0 aliphatic carbocycles. The van der Waals surface area contributed by atoms with Crippen LogP contribution in [0, 0.1) is 0 Å². The Bertz CT molecular complexity index is 217. The molecule has 1 amide bonds. The summed E-state index contributed by atoms with van der Waals surface area (Å²) in [5.74, 6) is 0.342. The number of nitrogens with one attached hydrogen (secondary N) is 1. The zero-order valence-corrected chi connectivity index (χ0v) is 10.2. The maximum atomic E-state index is 12.1. The number of carbonyl (C=O) groups is 1. The third-order valence-corrected chi connectivity index (χ3v) is 3.44. The van der Waals surface area contributed by atoms with Gasteiger partial charge in [0.15, 0.2) is 0 Å². The Balaban J connectivity index is 0.00000112. The summed E-state index contributed by atoms with van der Waals surface area (Å²) in [5, 5.41) is 3.28. The van der Waals surface area contributed by atoms with Gasteiger partial charge in [-0.05, 0) is 45.6 Å². The summed E-state index contributed by atoms with van der Waals surface area (Å²) in [6.45, 7) is 4.16. The van der Waals surface area contributed by atoms with Gasteiger partial charge in [-0.3, -0.25) is 4.79 Å². The SMILES string of the molecule is CC1CCCCN1C(=O)C1CCCN1.Cl. The molecule has 2 aliphatic heterocycles. The van der Waals surface area contributed by atoms with Crippen molar-refractivity contribution in [3.63, 3.8) is 0 Å². The second kappa shape index (κ2) is 5.71. The van der Waals surface area contributed by atoms with Crippen LogP contribution in [-0.2, 0) is 4.79 Å².